The van der Waals surface area contributed by atoms with Gasteiger partial charge in [0, 0.05) is 0 Å². The van der Waals surface area contributed by atoms with Gasteiger partial charge in [0.15, 0.2) is 0 Å². The molecule has 0 bridgehead atoms. The molecular weight excluding hydrogens is 512 g/mol. The predicted molar refractivity (Wildman–Crippen MR) is 183 cm³/mol. The van der Waals surface area contributed by atoms with Crippen molar-refractivity contribution < 1.29 is 0 Å². The lowest BCUT2D eigenvalue weighted by Gasteiger charge is -2.34. The summed E-state index contributed by atoms with van der Waals surface area (Å²) in [5, 5.41) is 3.09. The van der Waals surface area contributed by atoms with E-state index >= 15 is 0 Å². The van der Waals surface area contributed by atoms with Crippen molar-refractivity contribution in [2.24, 2.45) is 0 Å². The molecule has 2 aromatic rings. The van der Waals surface area contributed by atoms with E-state index in [1.807, 2.05) is 0 Å². The van der Waals surface area contributed by atoms with Crippen molar-refractivity contribution in [2.45, 2.75) is 101 Å². The first kappa shape index (κ1) is 32.2. The van der Waals surface area contributed by atoms with Crippen molar-refractivity contribution in [3.63, 3.8) is 0 Å². The van der Waals surface area contributed by atoms with Gasteiger partial charge in [-0.3, -0.25) is 0 Å². The molecule has 0 saturated heterocycles. The molecule has 0 atom stereocenters. The van der Waals surface area contributed by atoms with E-state index in [1.165, 1.54) is 61.7 Å². The molecule has 4 heteroatoms. The first-order valence-corrected chi connectivity index (χ1v) is 25.9. The lowest BCUT2D eigenvalue weighted by Crippen LogP contribution is -2.35. The third-order valence-corrected chi connectivity index (χ3v) is 23.0. The molecular formula is C33H55PSi3. The second kappa shape index (κ2) is 16.2. The van der Waals surface area contributed by atoms with Gasteiger partial charge >= 0.3 is 0 Å². The minimum atomic E-state index is -1.28. The third kappa shape index (κ3) is 11.7. The van der Waals surface area contributed by atoms with E-state index in [-0.39, 0.29) is 7.92 Å². The van der Waals surface area contributed by atoms with E-state index in [0.29, 0.717) is 0 Å². The molecule has 0 unspecified atom stereocenters. The monoisotopic (exact) mass is 566 g/mol. The summed E-state index contributed by atoms with van der Waals surface area (Å²) in [6.07, 6.45) is 10.0. The standard InChI is InChI=1S/C33H55PSi3/c1-8-25-35(4,5)27-18-30-37(10-3,31-19-28-36(6,7)26-9-2)29-17-24-34(32-20-13-11-14-21-32)33-22-15-12-16-23-33/h8-9,11-16,20-23H,1-2,10,17-19,24-31H2,3-7H3. The van der Waals surface area contributed by atoms with Gasteiger partial charge in [0.05, 0.1) is 24.2 Å². The van der Waals surface area contributed by atoms with Gasteiger partial charge < -0.3 is 0 Å². The molecule has 0 nitrogen and oxygen atoms in total. The molecule has 2 rings (SSSR count). The van der Waals surface area contributed by atoms with Gasteiger partial charge in [-0.05, 0) is 36.8 Å². The average molecular weight is 567 g/mol. The molecule has 0 aliphatic carbocycles. The Morgan fingerprint density at radius 1 is 0.622 bits per heavy atom. The van der Waals surface area contributed by atoms with E-state index in [4.69, 9.17) is 0 Å². The van der Waals surface area contributed by atoms with E-state index in [9.17, 15) is 0 Å². The van der Waals surface area contributed by atoms with E-state index in [2.05, 4.69) is 119 Å². The van der Waals surface area contributed by atoms with Crippen molar-refractivity contribution in [1.29, 1.82) is 0 Å². The molecule has 0 aliphatic heterocycles. The molecule has 0 radical (unpaired) electrons. The predicted octanol–water partition coefficient (Wildman–Crippen LogP) is 10.5. The van der Waals surface area contributed by atoms with Crippen LogP contribution in [0.3, 0.4) is 0 Å². The number of hydrogen-bond acceptors (Lipinski definition) is 0. The first-order chi connectivity index (χ1) is 17.7. The second-order valence-corrected chi connectivity index (χ2v) is 30.8. The summed E-state index contributed by atoms with van der Waals surface area (Å²) in [5.41, 5.74) is 0. The highest BCUT2D eigenvalue weighted by Gasteiger charge is 2.32. The van der Waals surface area contributed by atoms with Crippen LogP contribution in [0, 0.1) is 0 Å². The van der Waals surface area contributed by atoms with Crippen LogP contribution in [0.15, 0.2) is 86.0 Å². The Hall–Kier alpha value is -0.999. The fourth-order valence-corrected chi connectivity index (χ4v) is 18.2. The summed E-state index contributed by atoms with van der Waals surface area (Å²) >= 11 is 0. The zero-order valence-corrected chi connectivity index (χ0v) is 28.7. The summed E-state index contributed by atoms with van der Waals surface area (Å²) in [5.74, 6) is 0. The van der Waals surface area contributed by atoms with Gasteiger partial charge in [-0.1, -0.05) is 161 Å². The second-order valence-electron chi connectivity index (χ2n) is 12.8. The van der Waals surface area contributed by atoms with Crippen molar-refractivity contribution >= 4 is 42.8 Å². The maximum Gasteiger partial charge on any atom is 0.0533 e. The maximum atomic E-state index is 4.05. The molecule has 0 heterocycles. The average Bonchev–Trinajstić information content (AvgIpc) is 2.87. The summed E-state index contributed by atoms with van der Waals surface area (Å²) < 4.78 is 0. The Kier molecular flexibility index (Phi) is 14.1. The SMILES string of the molecule is C=CC[Si](C)(C)CCC[Si](CC)(CCCP(c1ccccc1)c1ccccc1)CCC[Si](C)(C)CC=C. The Balaban J connectivity index is 2.13. The number of allylic oxidation sites excluding steroid dienone is 2. The van der Waals surface area contributed by atoms with Crippen molar-refractivity contribution in [3.8, 4) is 0 Å². The van der Waals surface area contributed by atoms with Crippen molar-refractivity contribution in [3.05, 3.63) is 86.0 Å². The fraction of sp³-hybridized carbons (Fsp3) is 0.515. The van der Waals surface area contributed by atoms with E-state index in [1.54, 1.807) is 22.7 Å². The first-order valence-electron chi connectivity index (χ1n) is 14.8. The Morgan fingerprint density at radius 2 is 1.03 bits per heavy atom. The van der Waals surface area contributed by atoms with Crippen LogP contribution < -0.4 is 10.6 Å². The summed E-state index contributed by atoms with van der Waals surface area (Å²) in [6, 6.07) is 34.3. The smallest absolute Gasteiger partial charge is 0.0533 e. The van der Waals surface area contributed by atoms with Gasteiger partial charge in [-0.25, -0.2) is 0 Å². The topological polar surface area (TPSA) is 0 Å². The fourth-order valence-electron chi connectivity index (χ4n) is 6.01. The molecule has 0 aromatic heterocycles. The highest BCUT2D eigenvalue weighted by atomic mass is 31.1. The quantitative estimate of drug-likeness (QED) is 0.0901. The molecule has 0 N–H and O–H groups in total. The van der Waals surface area contributed by atoms with Gasteiger partial charge in [-0.2, -0.15) is 0 Å². The van der Waals surface area contributed by atoms with Gasteiger partial charge in [0.2, 0.25) is 0 Å². The van der Waals surface area contributed by atoms with Crippen molar-refractivity contribution in [1.82, 2.24) is 0 Å². The molecule has 0 spiro atoms. The zero-order chi connectivity index (χ0) is 27.2. The van der Waals surface area contributed by atoms with Crippen LogP contribution in [0.5, 0.6) is 0 Å². The molecule has 2 aromatic carbocycles. The van der Waals surface area contributed by atoms with Crippen LogP contribution in [-0.2, 0) is 0 Å². The van der Waals surface area contributed by atoms with Gasteiger partial charge in [-0.15, -0.1) is 13.2 Å². The van der Waals surface area contributed by atoms with Crippen LogP contribution in [0.2, 0.25) is 74.5 Å². The van der Waals surface area contributed by atoms with Crippen LogP contribution in [0.4, 0.5) is 0 Å². The Bertz CT molecular complexity index is 840. The van der Waals surface area contributed by atoms with Crippen LogP contribution in [-0.4, -0.2) is 30.4 Å². The lowest BCUT2D eigenvalue weighted by molar-refractivity contribution is 0.895. The minimum absolute atomic E-state index is 0.268. The molecule has 0 saturated carbocycles. The summed E-state index contributed by atoms with van der Waals surface area (Å²) in [7, 11) is -3.79. The van der Waals surface area contributed by atoms with Gasteiger partial charge in [0.1, 0.15) is 0 Å². The Morgan fingerprint density at radius 3 is 1.41 bits per heavy atom. The molecule has 0 amide bonds. The minimum Gasteiger partial charge on any atom is -0.103 e. The van der Waals surface area contributed by atoms with Crippen LogP contribution in [0.1, 0.15) is 26.2 Å². The Labute approximate surface area is 234 Å². The van der Waals surface area contributed by atoms with Crippen LogP contribution in [0.25, 0.3) is 0 Å². The normalized spacial score (nSPS) is 12.6. The van der Waals surface area contributed by atoms with Crippen LogP contribution >= 0.6 is 7.92 Å². The molecule has 204 valence electrons. The number of rotatable bonds is 19. The molecule has 0 fully saturated rings. The highest BCUT2D eigenvalue weighted by Crippen LogP contribution is 2.39. The highest BCUT2D eigenvalue weighted by molar-refractivity contribution is 7.73. The van der Waals surface area contributed by atoms with Crippen molar-refractivity contribution in [2.75, 3.05) is 6.16 Å². The lowest BCUT2D eigenvalue weighted by atomic mass is 10.4. The summed E-state index contributed by atoms with van der Waals surface area (Å²) in [6.45, 7) is 20.9. The zero-order valence-electron chi connectivity index (χ0n) is 24.8. The van der Waals surface area contributed by atoms with Gasteiger partial charge in [0.25, 0.3) is 0 Å². The largest absolute Gasteiger partial charge is 0.103 e. The van der Waals surface area contributed by atoms with E-state index in [0.717, 1.165) is 0 Å². The molecule has 0 aliphatic rings. The number of hydrogen-bond donors (Lipinski definition) is 0. The maximum absolute atomic E-state index is 4.05. The third-order valence-electron chi connectivity index (χ3n) is 8.49. The van der Waals surface area contributed by atoms with E-state index < -0.39 is 24.2 Å². The summed E-state index contributed by atoms with van der Waals surface area (Å²) in [4.78, 5) is 0. The molecule has 37 heavy (non-hydrogen) atoms. The number of benzene rings is 2.